The predicted octanol–water partition coefficient (Wildman–Crippen LogP) is 2.34. The van der Waals surface area contributed by atoms with E-state index in [2.05, 4.69) is 10.6 Å². The molecule has 1 atom stereocenters. The van der Waals surface area contributed by atoms with E-state index >= 15 is 0 Å². The molecule has 0 heterocycles. The largest absolute Gasteiger partial charge is 0.484 e. The van der Waals surface area contributed by atoms with Crippen molar-refractivity contribution in [3.8, 4) is 5.75 Å². The zero-order valence-corrected chi connectivity index (χ0v) is 11.7. The molecule has 19 heavy (non-hydrogen) atoms. The van der Waals surface area contributed by atoms with Gasteiger partial charge in [-0.15, -0.1) is 0 Å². The molecule has 0 saturated carbocycles. The Bertz CT molecular complexity index is 434. The molecule has 0 aliphatic carbocycles. The van der Waals surface area contributed by atoms with Crippen LogP contribution in [0.2, 0.25) is 5.02 Å². The van der Waals surface area contributed by atoms with Crippen molar-refractivity contribution < 1.29 is 14.3 Å². The number of ether oxygens (including phenoxy) is 1. The van der Waals surface area contributed by atoms with Gasteiger partial charge in [0.25, 0.3) is 5.91 Å². The van der Waals surface area contributed by atoms with Gasteiger partial charge in [-0.1, -0.05) is 18.5 Å². The average molecular weight is 285 g/mol. The first-order chi connectivity index (χ1) is 9.01. The summed E-state index contributed by atoms with van der Waals surface area (Å²) in [6.07, 6.45) is 0.795. The Morgan fingerprint density at radius 3 is 2.53 bits per heavy atom. The molecule has 1 aromatic carbocycles. The zero-order valence-electron chi connectivity index (χ0n) is 10.9. The van der Waals surface area contributed by atoms with Gasteiger partial charge in [-0.25, -0.2) is 4.79 Å². The Morgan fingerprint density at radius 1 is 1.32 bits per heavy atom. The Hall–Kier alpha value is -1.75. The van der Waals surface area contributed by atoms with E-state index in [9.17, 15) is 9.59 Å². The molecule has 0 spiro atoms. The molecule has 6 heteroatoms. The van der Waals surface area contributed by atoms with Crippen LogP contribution >= 0.6 is 11.6 Å². The van der Waals surface area contributed by atoms with E-state index in [4.69, 9.17) is 16.3 Å². The number of benzene rings is 1. The molecular weight excluding hydrogens is 268 g/mol. The molecule has 2 N–H and O–H groups in total. The summed E-state index contributed by atoms with van der Waals surface area (Å²) in [7, 11) is 0. The molecular formula is C13H17ClN2O3. The first-order valence-corrected chi connectivity index (χ1v) is 6.37. The third-order valence-electron chi connectivity index (χ3n) is 2.43. The van der Waals surface area contributed by atoms with Gasteiger partial charge in [-0.05, 0) is 37.6 Å². The summed E-state index contributed by atoms with van der Waals surface area (Å²) in [5, 5.41) is 5.40. The first kappa shape index (κ1) is 15.3. The lowest BCUT2D eigenvalue weighted by Gasteiger charge is -2.12. The molecule has 104 valence electrons. The van der Waals surface area contributed by atoms with E-state index in [-0.39, 0.29) is 12.6 Å². The van der Waals surface area contributed by atoms with Gasteiger partial charge < -0.3 is 10.1 Å². The number of hydrogen-bond donors (Lipinski definition) is 2. The second-order valence-electron chi connectivity index (χ2n) is 4.07. The van der Waals surface area contributed by atoms with Crippen molar-refractivity contribution >= 4 is 23.5 Å². The minimum Gasteiger partial charge on any atom is -0.484 e. The summed E-state index contributed by atoms with van der Waals surface area (Å²) in [4.78, 5) is 22.8. The lowest BCUT2D eigenvalue weighted by atomic mass is 10.3. The fourth-order valence-corrected chi connectivity index (χ4v) is 1.33. The highest BCUT2D eigenvalue weighted by molar-refractivity contribution is 6.30. The fraction of sp³-hybridized carbons (Fsp3) is 0.385. The van der Waals surface area contributed by atoms with Crippen LogP contribution in [0.3, 0.4) is 0 Å². The van der Waals surface area contributed by atoms with Gasteiger partial charge in [0, 0.05) is 11.1 Å². The van der Waals surface area contributed by atoms with Crippen LogP contribution < -0.4 is 15.4 Å². The van der Waals surface area contributed by atoms with Crippen LogP contribution in [0, 0.1) is 0 Å². The fourth-order valence-electron chi connectivity index (χ4n) is 1.20. The van der Waals surface area contributed by atoms with Gasteiger partial charge in [-0.3, -0.25) is 10.1 Å². The lowest BCUT2D eigenvalue weighted by Crippen LogP contribution is -2.44. The summed E-state index contributed by atoms with van der Waals surface area (Å²) in [6, 6.07) is 6.11. The maximum Gasteiger partial charge on any atom is 0.321 e. The van der Waals surface area contributed by atoms with Gasteiger partial charge in [0.15, 0.2) is 6.61 Å². The number of carbonyl (C=O) groups excluding carboxylic acids is 2. The van der Waals surface area contributed by atoms with Crippen LogP contribution in [-0.4, -0.2) is 24.6 Å². The van der Waals surface area contributed by atoms with Crippen LogP contribution in [0.1, 0.15) is 20.3 Å². The highest BCUT2D eigenvalue weighted by Gasteiger charge is 2.10. The van der Waals surface area contributed by atoms with E-state index in [1.54, 1.807) is 24.3 Å². The topological polar surface area (TPSA) is 67.4 Å². The molecule has 5 nitrogen and oxygen atoms in total. The van der Waals surface area contributed by atoms with Gasteiger partial charge in [0.05, 0.1) is 0 Å². The quantitative estimate of drug-likeness (QED) is 0.872. The minimum absolute atomic E-state index is 0.0185. The van der Waals surface area contributed by atoms with Gasteiger partial charge >= 0.3 is 6.03 Å². The van der Waals surface area contributed by atoms with Gasteiger partial charge in [0.1, 0.15) is 5.75 Å². The maximum absolute atomic E-state index is 11.4. The highest BCUT2D eigenvalue weighted by Crippen LogP contribution is 2.15. The number of amides is 3. The van der Waals surface area contributed by atoms with E-state index in [0.717, 1.165) is 6.42 Å². The number of carbonyl (C=O) groups is 2. The molecule has 0 aromatic heterocycles. The number of rotatable bonds is 5. The van der Waals surface area contributed by atoms with Crippen molar-refractivity contribution in [1.29, 1.82) is 0 Å². The van der Waals surface area contributed by atoms with Crippen LogP contribution in [0.5, 0.6) is 5.75 Å². The summed E-state index contributed by atoms with van der Waals surface area (Å²) in [5.41, 5.74) is 0. The molecule has 0 bridgehead atoms. The number of nitrogens with one attached hydrogen (secondary N) is 2. The normalized spacial score (nSPS) is 11.5. The van der Waals surface area contributed by atoms with Crippen molar-refractivity contribution in [1.82, 2.24) is 10.6 Å². The molecule has 0 fully saturated rings. The SMILES string of the molecule is CC[C@H](C)NC(=O)NC(=O)COc1ccc(Cl)cc1. The number of halogens is 1. The van der Waals surface area contributed by atoms with Crippen LogP contribution in [0.4, 0.5) is 4.79 Å². The van der Waals surface area contributed by atoms with Crippen molar-refractivity contribution in [3.05, 3.63) is 29.3 Å². The summed E-state index contributed by atoms with van der Waals surface area (Å²) in [6.45, 7) is 3.57. The summed E-state index contributed by atoms with van der Waals surface area (Å²) >= 11 is 5.72. The van der Waals surface area contributed by atoms with Gasteiger partial charge in [0.2, 0.25) is 0 Å². The summed E-state index contributed by atoms with van der Waals surface area (Å²) < 4.78 is 5.20. The molecule has 3 amide bonds. The number of urea groups is 1. The second-order valence-corrected chi connectivity index (χ2v) is 4.51. The summed E-state index contributed by atoms with van der Waals surface area (Å²) in [5.74, 6) is 0.0117. The number of imide groups is 1. The third-order valence-corrected chi connectivity index (χ3v) is 2.68. The van der Waals surface area contributed by atoms with Crippen LogP contribution in [0.15, 0.2) is 24.3 Å². The maximum atomic E-state index is 11.4. The zero-order chi connectivity index (χ0) is 14.3. The first-order valence-electron chi connectivity index (χ1n) is 6.00. The lowest BCUT2D eigenvalue weighted by molar-refractivity contribution is -0.122. The standard InChI is InChI=1S/C13H17ClN2O3/c1-3-9(2)15-13(18)16-12(17)8-19-11-6-4-10(14)5-7-11/h4-7,9H,3,8H2,1-2H3,(H2,15,16,17,18)/t9-/m0/s1. The van der Waals surface area contributed by atoms with Gasteiger partial charge in [-0.2, -0.15) is 0 Å². The predicted molar refractivity (Wildman–Crippen MR) is 73.4 cm³/mol. The van der Waals surface area contributed by atoms with E-state index in [1.165, 1.54) is 0 Å². The van der Waals surface area contributed by atoms with E-state index < -0.39 is 11.9 Å². The Balaban J connectivity index is 2.31. The molecule has 0 aliphatic rings. The van der Waals surface area contributed by atoms with Crippen molar-refractivity contribution in [2.45, 2.75) is 26.3 Å². The minimum atomic E-state index is -0.515. The Morgan fingerprint density at radius 2 is 1.95 bits per heavy atom. The van der Waals surface area contributed by atoms with Crippen molar-refractivity contribution in [2.24, 2.45) is 0 Å². The van der Waals surface area contributed by atoms with Crippen molar-refractivity contribution in [2.75, 3.05) is 6.61 Å². The Kier molecular flexibility index (Phi) is 6.15. The van der Waals surface area contributed by atoms with Crippen LogP contribution in [-0.2, 0) is 4.79 Å². The van der Waals surface area contributed by atoms with E-state index in [0.29, 0.717) is 10.8 Å². The third kappa shape index (κ3) is 6.10. The molecule has 0 unspecified atom stereocenters. The molecule has 1 aromatic rings. The average Bonchev–Trinajstić information content (AvgIpc) is 2.37. The highest BCUT2D eigenvalue weighted by atomic mass is 35.5. The molecule has 0 radical (unpaired) electrons. The number of hydrogen-bond acceptors (Lipinski definition) is 3. The van der Waals surface area contributed by atoms with Crippen LogP contribution in [0.25, 0.3) is 0 Å². The van der Waals surface area contributed by atoms with Crippen molar-refractivity contribution in [3.63, 3.8) is 0 Å². The smallest absolute Gasteiger partial charge is 0.321 e. The molecule has 0 saturated heterocycles. The molecule has 0 aliphatic heterocycles. The second kappa shape index (κ2) is 7.63. The Labute approximate surface area is 117 Å². The molecule has 1 rings (SSSR count). The monoisotopic (exact) mass is 284 g/mol. The van der Waals surface area contributed by atoms with E-state index in [1.807, 2.05) is 13.8 Å².